The number of anilines is 1. The van der Waals surface area contributed by atoms with E-state index in [0.29, 0.717) is 11.4 Å². The van der Waals surface area contributed by atoms with Crippen LogP contribution in [0.4, 0.5) is 5.69 Å². The Hall–Kier alpha value is -1.49. The van der Waals surface area contributed by atoms with Crippen LogP contribution in [-0.4, -0.2) is 41.2 Å². The van der Waals surface area contributed by atoms with Gasteiger partial charge in [0, 0.05) is 32.9 Å². The Kier molecular flexibility index (Phi) is 3.61. The molecular formula is C13H21N3O2. The first kappa shape index (κ1) is 13.0. The van der Waals surface area contributed by atoms with Crippen LogP contribution in [0.1, 0.15) is 30.3 Å². The van der Waals surface area contributed by atoms with Gasteiger partial charge < -0.3 is 19.9 Å². The van der Waals surface area contributed by atoms with Gasteiger partial charge in [-0.15, -0.1) is 0 Å². The first-order chi connectivity index (χ1) is 8.52. The molecule has 0 aliphatic carbocycles. The lowest BCUT2D eigenvalue weighted by Gasteiger charge is -2.37. The van der Waals surface area contributed by atoms with Gasteiger partial charge in [-0.2, -0.15) is 0 Å². The topological polar surface area (TPSA) is 60.5 Å². The summed E-state index contributed by atoms with van der Waals surface area (Å²) in [6, 6.07) is 1.93. The molecule has 2 N–H and O–H groups in total. The zero-order valence-electron chi connectivity index (χ0n) is 11.2. The fourth-order valence-electron chi connectivity index (χ4n) is 2.59. The number of likely N-dealkylation sites (tertiary alicyclic amines) is 1. The number of hydrogen-bond donors (Lipinski definition) is 1. The largest absolute Gasteiger partial charge is 0.397 e. The molecule has 0 spiro atoms. The molecule has 1 aromatic heterocycles. The minimum atomic E-state index is 0.0521. The number of methoxy groups -OCH3 is 1. The van der Waals surface area contributed by atoms with Gasteiger partial charge >= 0.3 is 0 Å². The Bertz CT molecular complexity index is 441. The number of aromatic nitrogens is 1. The molecule has 5 heteroatoms. The van der Waals surface area contributed by atoms with Gasteiger partial charge in [-0.05, 0) is 25.8 Å². The highest BCUT2D eigenvalue weighted by atomic mass is 16.5. The van der Waals surface area contributed by atoms with Gasteiger partial charge in [-0.1, -0.05) is 0 Å². The summed E-state index contributed by atoms with van der Waals surface area (Å²) in [4.78, 5) is 14.4. The molecule has 0 aromatic carbocycles. The number of ether oxygens (including phenoxy) is 1. The van der Waals surface area contributed by atoms with Crippen molar-refractivity contribution in [3.8, 4) is 0 Å². The van der Waals surface area contributed by atoms with Gasteiger partial charge in [0.1, 0.15) is 5.69 Å². The average Bonchev–Trinajstić information content (AvgIpc) is 2.67. The summed E-state index contributed by atoms with van der Waals surface area (Å²) in [5.41, 5.74) is 6.99. The lowest BCUT2D eigenvalue weighted by Crippen LogP contribution is -2.46. The molecule has 0 radical (unpaired) electrons. The fraction of sp³-hybridized carbons (Fsp3) is 0.615. The third kappa shape index (κ3) is 2.36. The summed E-state index contributed by atoms with van der Waals surface area (Å²) in [5.74, 6) is 0.0521. The van der Waals surface area contributed by atoms with E-state index in [-0.39, 0.29) is 18.1 Å². The quantitative estimate of drug-likeness (QED) is 0.860. The Morgan fingerprint density at radius 2 is 2.28 bits per heavy atom. The van der Waals surface area contributed by atoms with Crippen LogP contribution in [0.25, 0.3) is 0 Å². The van der Waals surface area contributed by atoms with E-state index in [2.05, 4.69) is 6.92 Å². The van der Waals surface area contributed by atoms with E-state index in [4.69, 9.17) is 10.5 Å². The number of carbonyl (C=O) groups is 1. The Morgan fingerprint density at radius 3 is 2.78 bits per heavy atom. The molecule has 1 aliphatic heterocycles. The first-order valence-corrected chi connectivity index (χ1v) is 6.28. The van der Waals surface area contributed by atoms with Crippen molar-refractivity contribution >= 4 is 11.6 Å². The van der Waals surface area contributed by atoms with Crippen molar-refractivity contribution in [3.05, 3.63) is 18.0 Å². The van der Waals surface area contributed by atoms with Crippen molar-refractivity contribution in [2.24, 2.45) is 7.05 Å². The maximum atomic E-state index is 12.4. The number of nitrogens with zero attached hydrogens (tertiary/aromatic N) is 2. The molecule has 0 bridgehead atoms. The molecule has 1 aromatic rings. The van der Waals surface area contributed by atoms with Crippen LogP contribution in [0.15, 0.2) is 12.3 Å². The van der Waals surface area contributed by atoms with E-state index >= 15 is 0 Å². The summed E-state index contributed by atoms with van der Waals surface area (Å²) in [5, 5.41) is 0. The first-order valence-electron chi connectivity index (χ1n) is 6.28. The number of amides is 1. The molecule has 100 valence electrons. The number of carbonyl (C=O) groups excluding carboxylic acids is 1. The lowest BCUT2D eigenvalue weighted by molar-refractivity contribution is 0.0155. The van der Waals surface area contributed by atoms with E-state index in [9.17, 15) is 4.79 Å². The van der Waals surface area contributed by atoms with E-state index in [1.165, 1.54) is 0 Å². The van der Waals surface area contributed by atoms with Gasteiger partial charge in [-0.25, -0.2) is 0 Å². The van der Waals surface area contributed by atoms with Crippen LogP contribution in [-0.2, 0) is 11.8 Å². The molecule has 0 saturated carbocycles. The summed E-state index contributed by atoms with van der Waals surface area (Å²) in [6.45, 7) is 2.80. The van der Waals surface area contributed by atoms with Crippen LogP contribution in [0.2, 0.25) is 0 Å². The SMILES string of the molecule is COC1CCN(C(=O)c2cc(N)cn2C)C(C)C1. The van der Waals surface area contributed by atoms with Crippen LogP contribution in [0.3, 0.4) is 0 Å². The van der Waals surface area contributed by atoms with E-state index in [1.807, 2.05) is 11.9 Å². The monoisotopic (exact) mass is 251 g/mol. The van der Waals surface area contributed by atoms with Crippen molar-refractivity contribution < 1.29 is 9.53 Å². The third-order valence-electron chi connectivity index (χ3n) is 3.67. The summed E-state index contributed by atoms with van der Waals surface area (Å²) < 4.78 is 7.14. The van der Waals surface area contributed by atoms with Gasteiger partial charge in [-0.3, -0.25) is 4.79 Å². The molecule has 1 fully saturated rings. The van der Waals surface area contributed by atoms with Gasteiger partial charge in [0.15, 0.2) is 0 Å². The van der Waals surface area contributed by atoms with Crippen molar-refractivity contribution in [1.82, 2.24) is 9.47 Å². The minimum absolute atomic E-state index is 0.0521. The molecule has 1 saturated heterocycles. The zero-order valence-corrected chi connectivity index (χ0v) is 11.2. The molecule has 2 atom stereocenters. The number of piperidine rings is 1. The number of nitrogen functional groups attached to an aromatic ring is 1. The molecule has 5 nitrogen and oxygen atoms in total. The summed E-state index contributed by atoms with van der Waals surface area (Å²) in [6.07, 6.45) is 3.82. The average molecular weight is 251 g/mol. The summed E-state index contributed by atoms with van der Waals surface area (Å²) >= 11 is 0. The molecule has 18 heavy (non-hydrogen) atoms. The van der Waals surface area contributed by atoms with Crippen molar-refractivity contribution in [1.29, 1.82) is 0 Å². The highest BCUT2D eigenvalue weighted by Gasteiger charge is 2.30. The van der Waals surface area contributed by atoms with E-state index in [1.54, 1.807) is 23.9 Å². The maximum Gasteiger partial charge on any atom is 0.270 e. The molecular weight excluding hydrogens is 230 g/mol. The van der Waals surface area contributed by atoms with Crippen LogP contribution >= 0.6 is 0 Å². The van der Waals surface area contributed by atoms with Gasteiger partial charge in [0.2, 0.25) is 0 Å². The predicted molar refractivity (Wildman–Crippen MR) is 70.4 cm³/mol. The summed E-state index contributed by atoms with van der Waals surface area (Å²) in [7, 11) is 3.57. The van der Waals surface area contributed by atoms with Crippen LogP contribution in [0, 0.1) is 0 Å². The smallest absolute Gasteiger partial charge is 0.270 e. The van der Waals surface area contributed by atoms with Gasteiger partial charge in [0.05, 0.1) is 11.8 Å². The van der Waals surface area contributed by atoms with E-state index < -0.39 is 0 Å². The molecule has 1 amide bonds. The Balaban J connectivity index is 2.12. The second-order valence-corrected chi connectivity index (χ2v) is 5.00. The second-order valence-electron chi connectivity index (χ2n) is 5.00. The zero-order chi connectivity index (χ0) is 13.3. The highest BCUT2D eigenvalue weighted by Crippen LogP contribution is 2.22. The van der Waals surface area contributed by atoms with Crippen molar-refractivity contribution in [3.63, 3.8) is 0 Å². The third-order valence-corrected chi connectivity index (χ3v) is 3.67. The fourth-order valence-corrected chi connectivity index (χ4v) is 2.59. The minimum Gasteiger partial charge on any atom is -0.397 e. The van der Waals surface area contributed by atoms with Crippen molar-refractivity contribution in [2.75, 3.05) is 19.4 Å². The molecule has 2 rings (SSSR count). The Labute approximate surface area is 108 Å². The normalized spacial score (nSPS) is 24.3. The number of hydrogen-bond acceptors (Lipinski definition) is 3. The van der Waals surface area contributed by atoms with Crippen LogP contribution < -0.4 is 5.73 Å². The molecule has 2 unspecified atom stereocenters. The molecule has 1 aliphatic rings. The van der Waals surface area contributed by atoms with E-state index in [0.717, 1.165) is 19.4 Å². The Morgan fingerprint density at radius 1 is 1.56 bits per heavy atom. The van der Waals surface area contributed by atoms with Crippen LogP contribution in [0.5, 0.6) is 0 Å². The predicted octanol–water partition coefficient (Wildman–Crippen LogP) is 1.25. The number of rotatable bonds is 2. The second kappa shape index (κ2) is 5.02. The number of aryl methyl sites for hydroxylation is 1. The van der Waals surface area contributed by atoms with Crippen molar-refractivity contribution in [2.45, 2.75) is 31.9 Å². The number of nitrogens with two attached hydrogens (primary N) is 1. The lowest BCUT2D eigenvalue weighted by atomic mass is 10.0. The maximum absolute atomic E-state index is 12.4. The standard InChI is InChI=1S/C13H21N3O2/c1-9-6-11(18-3)4-5-16(9)13(17)12-7-10(14)8-15(12)2/h7-9,11H,4-6,14H2,1-3H3. The van der Waals surface area contributed by atoms with Gasteiger partial charge in [0.25, 0.3) is 5.91 Å². The molecule has 2 heterocycles. The highest BCUT2D eigenvalue weighted by molar-refractivity contribution is 5.94.